The maximum Gasteiger partial charge on any atom is 0.248 e. The van der Waals surface area contributed by atoms with Crippen LogP contribution in [-0.2, 0) is 4.79 Å². The molecule has 0 saturated carbocycles. The minimum atomic E-state index is -0.230. The molecule has 0 radical (unpaired) electrons. The topological polar surface area (TPSA) is 60.5 Å². The van der Waals surface area contributed by atoms with Gasteiger partial charge < -0.3 is 14.8 Å². The summed E-state index contributed by atoms with van der Waals surface area (Å²) in [5, 5.41) is 3.79. The van der Waals surface area contributed by atoms with Gasteiger partial charge in [-0.15, -0.1) is 0 Å². The fourth-order valence-corrected chi connectivity index (χ4v) is 2.45. The molecule has 0 aliphatic rings. The van der Waals surface area contributed by atoms with Gasteiger partial charge in [0.05, 0.1) is 31.6 Å². The number of methoxy groups -OCH3 is 2. The molecule has 1 heterocycles. The first-order valence-corrected chi connectivity index (χ1v) is 7.75. The average molecular weight is 334 g/mol. The number of nitrogens with one attached hydrogen (secondary N) is 1. The van der Waals surface area contributed by atoms with E-state index in [2.05, 4.69) is 10.3 Å². The van der Waals surface area contributed by atoms with Crippen LogP contribution < -0.4 is 14.8 Å². The Balaban J connectivity index is 1.71. The SMILES string of the molecule is COc1ccc(/C=C/C(=O)Nc2cnc3ccccc3c2)cc1OC. The summed E-state index contributed by atoms with van der Waals surface area (Å²) < 4.78 is 10.4. The Kier molecular flexibility index (Phi) is 4.95. The van der Waals surface area contributed by atoms with Crippen molar-refractivity contribution >= 4 is 28.6 Å². The van der Waals surface area contributed by atoms with Crippen LogP contribution in [0.15, 0.2) is 60.8 Å². The highest BCUT2D eigenvalue weighted by Gasteiger charge is 2.04. The van der Waals surface area contributed by atoms with Crippen molar-refractivity contribution in [3.05, 3.63) is 66.4 Å². The van der Waals surface area contributed by atoms with Gasteiger partial charge in [0, 0.05) is 11.5 Å². The normalized spacial score (nSPS) is 10.8. The van der Waals surface area contributed by atoms with Crippen LogP contribution in [0.5, 0.6) is 11.5 Å². The first kappa shape index (κ1) is 16.5. The molecule has 1 aromatic heterocycles. The number of ether oxygens (including phenoxy) is 2. The predicted molar refractivity (Wildman–Crippen MR) is 99.0 cm³/mol. The van der Waals surface area contributed by atoms with Crippen molar-refractivity contribution < 1.29 is 14.3 Å². The van der Waals surface area contributed by atoms with Crippen molar-refractivity contribution in [3.63, 3.8) is 0 Å². The molecule has 1 N–H and O–H groups in total. The summed E-state index contributed by atoms with van der Waals surface area (Å²) >= 11 is 0. The van der Waals surface area contributed by atoms with Crippen LogP contribution in [0.25, 0.3) is 17.0 Å². The molecule has 0 aliphatic heterocycles. The minimum Gasteiger partial charge on any atom is -0.493 e. The lowest BCUT2D eigenvalue weighted by Crippen LogP contribution is -2.07. The van der Waals surface area contributed by atoms with Crippen molar-refractivity contribution in [1.29, 1.82) is 0 Å². The Morgan fingerprint density at radius 1 is 1.04 bits per heavy atom. The van der Waals surface area contributed by atoms with E-state index < -0.39 is 0 Å². The highest BCUT2D eigenvalue weighted by Crippen LogP contribution is 2.28. The van der Waals surface area contributed by atoms with Gasteiger partial charge in [-0.25, -0.2) is 0 Å². The van der Waals surface area contributed by atoms with E-state index >= 15 is 0 Å². The number of aromatic nitrogens is 1. The van der Waals surface area contributed by atoms with Crippen LogP contribution >= 0.6 is 0 Å². The summed E-state index contributed by atoms with van der Waals surface area (Å²) in [5.41, 5.74) is 2.38. The number of anilines is 1. The van der Waals surface area contributed by atoms with E-state index in [4.69, 9.17) is 9.47 Å². The van der Waals surface area contributed by atoms with Gasteiger partial charge in [-0.1, -0.05) is 24.3 Å². The molecule has 0 aliphatic carbocycles. The Morgan fingerprint density at radius 2 is 1.84 bits per heavy atom. The fourth-order valence-electron chi connectivity index (χ4n) is 2.45. The number of fused-ring (bicyclic) bond motifs is 1. The van der Waals surface area contributed by atoms with Crippen LogP contribution in [0.1, 0.15) is 5.56 Å². The fraction of sp³-hybridized carbons (Fsp3) is 0.100. The summed E-state index contributed by atoms with van der Waals surface area (Å²) in [6.07, 6.45) is 4.83. The smallest absolute Gasteiger partial charge is 0.248 e. The summed E-state index contributed by atoms with van der Waals surface area (Å²) in [6, 6.07) is 15.1. The third kappa shape index (κ3) is 3.95. The molecule has 0 saturated heterocycles. The first-order valence-electron chi connectivity index (χ1n) is 7.75. The van der Waals surface area contributed by atoms with Gasteiger partial charge in [-0.2, -0.15) is 0 Å². The Labute approximate surface area is 145 Å². The molecule has 1 amide bonds. The van der Waals surface area contributed by atoms with Crippen LogP contribution in [0.2, 0.25) is 0 Å². The Morgan fingerprint density at radius 3 is 2.64 bits per heavy atom. The largest absolute Gasteiger partial charge is 0.493 e. The van der Waals surface area contributed by atoms with Gasteiger partial charge in [-0.3, -0.25) is 9.78 Å². The minimum absolute atomic E-state index is 0.230. The van der Waals surface area contributed by atoms with Gasteiger partial charge >= 0.3 is 0 Å². The maximum absolute atomic E-state index is 12.1. The van der Waals surface area contributed by atoms with E-state index in [1.807, 2.05) is 36.4 Å². The van der Waals surface area contributed by atoms with Gasteiger partial charge in [0.25, 0.3) is 0 Å². The molecule has 5 heteroatoms. The van der Waals surface area contributed by atoms with Crippen LogP contribution in [0.4, 0.5) is 5.69 Å². The zero-order chi connectivity index (χ0) is 17.6. The molecule has 0 spiro atoms. The van der Waals surface area contributed by atoms with E-state index in [1.165, 1.54) is 6.08 Å². The predicted octanol–water partition coefficient (Wildman–Crippen LogP) is 3.90. The van der Waals surface area contributed by atoms with E-state index in [-0.39, 0.29) is 5.91 Å². The molecule has 3 rings (SSSR count). The molecule has 0 fully saturated rings. The molecule has 5 nitrogen and oxygen atoms in total. The molecule has 3 aromatic rings. The average Bonchev–Trinajstić information content (AvgIpc) is 2.66. The van der Waals surface area contributed by atoms with Crippen LogP contribution in [0, 0.1) is 0 Å². The molecule has 0 bridgehead atoms. The number of benzene rings is 2. The zero-order valence-corrected chi connectivity index (χ0v) is 14.0. The number of para-hydroxylation sites is 1. The zero-order valence-electron chi connectivity index (χ0n) is 14.0. The number of amides is 1. The lowest BCUT2D eigenvalue weighted by molar-refractivity contribution is -0.111. The number of hydrogen-bond donors (Lipinski definition) is 1. The van der Waals surface area contributed by atoms with Gasteiger partial charge in [0.15, 0.2) is 11.5 Å². The van der Waals surface area contributed by atoms with E-state index in [1.54, 1.807) is 38.6 Å². The number of hydrogen-bond acceptors (Lipinski definition) is 4. The summed E-state index contributed by atoms with van der Waals surface area (Å²) in [6.45, 7) is 0. The van der Waals surface area contributed by atoms with Crippen molar-refractivity contribution in [2.24, 2.45) is 0 Å². The number of carbonyl (C=O) groups excluding carboxylic acids is 1. The number of carbonyl (C=O) groups is 1. The number of rotatable bonds is 5. The van der Waals surface area contributed by atoms with Gasteiger partial charge in [0.2, 0.25) is 5.91 Å². The van der Waals surface area contributed by atoms with E-state index in [9.17, 15) is 4.79 Å². The summed E-state index contributed by atoms with van der Waals surface area (Å²) in [5.74, 6) is 1.03. The second kappa shape index (κ2) is 7.49. The summed E-state index contributed by atoms with van der Waals surface area (Å²) in [7, 11) is 3.16. The molecule has 25 heavy (non-hydrogen) atoms. The van der Waals surface area contributed by atoms with Gasteiger partial charge in [-0.05, 0) is 35.9 Å². The Bertz CT molecular complexity index is 935. The molecular formula is C20H18N2O3. The van der Waals surface area contributed by atoms with Crippen molar-refractivity contribution in [2.45, 2.75) is 0 Å². The number of pyridine rings is 1. The monoisotopic (exact) mass is 334 g/mol. The second-order valence-corrected chi connectivity index (χ2v) is 5.35. The van der Waals surface area contributed by atoms with Crippen LogP contribution in [-0.4, -0.2) is 25.1 Å². The third-order valence-electron chi connectivity index (χ3n) is 3.69. The van der Waals surface area contributed by atoms with Crippen molar-refractivity contribution in [1.82, 2.24) is 4.98 Å². The highest BCUT2D eigenvalue weighted by molar-refractivity contribution is 6.02. The second-order valence-electron chi connectivity index (χ2n) is 5.35. The number of nitrogens with zero attached hydrogens (tertiary/aromatic N) is 1. The van der Waals surface area contributed by atoms with Gasteiger partial charge in [0.1, 0.15) is 0 Å². The van der Waals surface area contributed by atoms with E-state index in [0.717, 1.165) is 16.5 Å². The molecule has 2 aromatic carbocycles. The highest BCUT2D eigenvalue weighted by atomic mass is 16.5. The van der Waals surface area contributed by atoms with Crippen molar-refractivity contribution in [3.8, 4) is 11.5 Å². The Hall–Kier alpha value is -3.34. The lowest BCUT2D eigenvalue weighted by atomic mass is 10.2. The molecule has 126 valence electrons. The summed E-state index contributed by atoms with van der Waals surface area (Å²) in [4.78, 5) is 16.4. The first-order chi connectivity index (χ1) is 12.2. The van der Waals surface area contributed by atoms with Crippen LogP contribution in [0.3, 0.4) is 0 Å². The third-order valence-corrected chi connectivity index (χ3v) is 3.69. The molecular weight excluding hydrogens is 316 g/mol. The maximum atomic E-state index is 12.1. The standard InChI is InChI=1S/C20H18N2O3/c1-24-18-9-7-14(11-19(18)25-2)8-10-20(23)22-16-12-15-5-3-4-6-17(15)21-13-16/h3-13H,1-2H3,(H,22,23)/b10-8+. The quantitative estimate of drug-likeness (QED) is 0.719. The van der Waals surface area contributed by atoms with Crippen molar-refractivity contribution in [2.75, 3.05) is 19.5 Å². The lowest BCUT2D eigenvalue weighted by Gasteiger charge is -2.07. The molecule has 0 unspecified atom stereocenters. The van der Waals surface area contributed by atoms with E-state index in [0.29, 0.717) is 17.2 Å². The molecule has 0 atom stereocenters.